The van der Waals surface area contributed by atoms with Crippen LogP contribution >= 0.6 is 0 Å². The van der Waals surface area contributed by atoms with E-state index >= 15 is 0 Å². The normalized spacial score (nSPS) is 15.2. The second kappa shape index (κ2) is 9.59. The van der Waals surface area contributed by atoms with Crippen molar-refractivity contribution in [3.63, 3.8) is 0 Å². The van der Waals surface area contributed by atoms with E-state index in [9.17, 15) is 13.2 Å². The maximum atomic E-state index is 13.0. The fourth-order valence-corrected chi connectivity index (χ4v) is 4.58. The zero-order chi connectivity index (χ0) is 21.7. The van der Waals surface area contributed by atoms with Crippen molar-refractivity contribution < 1.29 is 22.7 Å². The molecule has 0 spiro atoms. The Kier molecular flexibility index (Phi) is 7.12. The molecule has 1 aliphatic rings. The molecule has 1 amide bonds. The van der Waals surface area contributed by atoms with Gasteiger partial charge in [-0.25, -0.2) is 8.42 Å². The molecule has 0 bridgehead atoms. The van der Waals surface area contributed by atoms with E-state index < -0.39 is 10.0 Å². The molecule has 2 aromatic carbocycles. The molecule has 0 unspecified atom stereocenters. The first-order valence-electron chi connectivity index (χ1n) is 10.1. The lowest BCUT2D eigenvalue weighted by molar-refractivity contribution is 0.0730. The first kappa shape index (κ1) is 22.3. The summed E-state index contributed by atoms with van der Waals surface area (Å²) < 4.78 is 38.5. The van der Waals surface area contributed by atoms with E-state index in [-0.39, 0.29) is 16.9 Å². The van der Waals surface area contributed by atoms with Gasteiger partial charge in [-0.2, -0.15) is 4.31 Å². The summed E-state index contributed by atoms with van der Waals surface area (Å²) >= 11 is 0. The number of hydrogen-bond donors (Lipinski definition) is 1. The highest BCUT2D eigenvalue weighted by molar-refractivity contribution is 7.89. The van der Waals surface area contributed by atoms with Gasteiger partial charge in [0, 0.05) is 18.7 Å². The van der Waals surface area contributed by atoms with Gasteiger partial charge < -0.3 is 14.8 Å². The van der Waals surface area contributed by atoms with Crippen molar-refractivity contribution in [2.75, 3.05) is 31.6 Å². The lowest BCUT2D eigenvalue weighted by Crippen LogP contribution is -2.40. The quantitative estimate of drug-likeness (QED) is 0.726. The highest BCUT2D eigenvalue weighted by Gasteiger charge is 2.27. The van der Waals surface area contributed by atoms with Crippen LogP contribution in [0.3, 0.4) is 0 Å². The lowest BCUT2D eigenvalue weighted by atomic mass is 10.1. The average Bonchev–Trinajstić information content (AvgIpc) is 2.75. The number of carbonyl (C=O) groups excluding carboxylic acids is 1. The van der Waals surface area contributed by atoms with Gasteiger partial charge in [0.2, 0.25) is 10.0 Å². The van der Waals surface area contributed by atoms with Crippen LogP contribution in [0, 0.1) is 0 Å². The van der Waals surface area contributed by atoms with Gasteiger partial charge in [0.25, 0.3) is 5.91 Å². The zero-order valence-electron chi connectivity index (χ0n) is 17.6. The van der Waals surface area contributed by atoms with Gasteiger partial charge in [-0.3, -0.25) is 4.79 Å². The monoisotopic (exact) mass is 432 g/mol. The van der Waals surface area contributed by atoms with E-state index in [1.54, 1.807) is 18.2 Å². The number of ether oxygens (including phenoxy) is 2. The van der Waals surface area contributed by atoms with Crippen molar-refractivity contribution in [1.82, 2.24) is 4.31 Å². The van der Waals surface area contributed by atoms with E-state index in [0.29, 0.717) is 43.3 Å². The lowest BCUT2D eigenvalue weighted by Gasteiger charge is -2.26. The molecule has 162 valence electrons. The highest BCUT2D eigenvalue weighted by atomic mass is 32.2. The van der Waals surface area contributed by atoms with Crippen LogP contribution in [0.25, 0.3) is 0 Å². The van der Waals surface area contributed by atoms with Gasteiger partial charge >= 0.3 is 0 Å². The third-order valence-corrected chi connectivity index (χ3v) is 6.69. The Bertz CT molecular complexity index is 981. The SMILES string of the molecule is CCc1ccc(C(=O)Nc2cc(S(=O)(=O)N3CCOCC3)ccc2OC(C)C)cc1. The van der Waals surface area contributed by atoms with E-state index in [2.05, 4.69) is 5.32 Å². The number of rotatable bonds is 7. The molecule has 1 N–H and O–H groups in total. The Morgan fingerprint density at radius 3 is 2.40 bits per heavy atom. The summed E-state index contributed by atoms with van der Waals surface area (Å²) in [6.45, 7) is 7.12. The van der Waals surface area contributed by atoms with Crippen molar-refractivity contribution in [3.8, 4) is 5.75 Å². The number of sulfonamides is 1. The standard InChI is InChI=1S/C22H28N2O5S/c1-4-17-5-7-18(8-6-17)22(25)23-20-15-19(9-10-21(20)29-16(2)3)30(26,27)24-11-13-28-14-12-24/h5-10,15-16H,4,11-14H2,1-3H3,(H,23,25). The molecule has 1 saturated heterocycles. The molecule has 0 aromatic heterocycles. The number of benzene rings is 2. The van der Waals surface area contributed by atoms with Gasteiger partial charge in [-0.1, -0.05) is 19.1 Å². The van der Waals surface area contributed by atoms with Crippen LogP contribution in [-0.2, 0) is 21.2 Å². The number of amides is 1. The van der Waals surface area contributed by atoms with Crippen molar-refractivity contribution >= 4 is 21.6 Å². The first-order chi connectivity index (χ1) is 14.3. The summed E-state index contributed by atoms with van der Waals surface area (Å²) in [6.07, 6.45) is 0.751. The maximum absolute atomic E-state index is 13.0. The number of nitrogens with one attached hydrogen (secondary N) is 1. The number of aryl methyl sites for hydroxylation is 1. The number of morpholine rings is 1. The van der Waals surface area contributed by atoms with Crippen LogP contribution < -0.4 is 10.1 Å². The van der Waals surface area contributed by atoms with E-state index in [4.69, 9.17) is 9.47 Å². The minimum Gasteiger partial charge on any atom is -0.489 e. The maximum Gasteiger partial charge on any atom is 0.255 e. The molecule has 0 atom stereocenters. The average molecular weight is 433 g/mol. The second-order valence-electron chi connectivity index (χ2n) is 7.35. The third kappa shape index (κ3) is 5.19. The topological polar surface area (TPSA) is 84.9 Å². The van der Waals surface area contributed by atoms with E-state index in [1.807, 2.05) is 32.9 Å². The predicted molar refractivity (Wildman–Crippen MR) is 116 cm³/mol. The van der Waals surface area contributed by atoms with E-state index in [0.717, 1.165) is 12.0 Å². The van der Waals surface area contributed by atoms with Gasteiger partial charge in [0.15, 0.2) is 0 Å². The number of hydrogen-bond acceptors (Lipinski definition) is 5. The summed E-state index contributed by atoms with van der Waals surface area (Å²) in [5, 5.41) is 2.81. The summed E-state index contributed by atoms with van der Waals surface area (Å²) in [6, 6.07) is 11.9. The minimum atomic E-state index is -3.69. The Morgan fingerprint density at radius 2 is 1.80 bits per heavy atom. The summed E-state index contributed by atoms with van der Waals surface area (Å²) in [5.41, 5.74) is 1.95. The fraction of sp³-hybridized carbons (Fsp3) is 0.409. The molecule has 8 heteroatoms. The highest BCUT2D eigenvalue weighted by Crippen LogP contribution is 2.30. The summed E-state index contributed by atoms with van der Waals surface area (Å²) in [5.74, 6) is 0.0941. The van der Waals surface area contributed by atoms with Gasteiger partial charge in [0.1, 0.15) is 5.75 Å². The van der Waals surface area contributed by atoms with Crippen LogP contribution in [0.2, 0.25) is 0 Å². The molecule has 3 rings (SSSR count). The van der Waals surface area contributed by atoms with Crippen LogP contribution in [0.15, 0.2) is 47.4 Å². The molecule has 0 aliphatic carbocycles. The molecule has 1 aliphatic heterocycles. The molecule has 30 heavy (non-hydrogen) atoms. The van der Waals surface area contributed by atoms with Gasteiger partial charge in [-0.15, -0.1) is 0 Å². The minimum absolute atomic E-state index is 0.108. The molecule has 0 saturated carbocycles. The number of nitrogens with zero attached hydrogens (tertiary/aromatic N) is 1. The van der Waals surface area contributed by atoms with Crippen LogP contribution in [-0.4, -0.2) is 51.0 Å². The van der Waals surface area contributed by atoms with Crippen LogP contribution in [0.4, 0.5) is 5.69 Å². The molecule has 2 aromatic rings. The summed E-state index contributed by atoms with van der Waals surface area (Å²) in [7, 11) is -3.69. The largest absolute Gasteiger partial charge is 0.489 e. The summed E-state index contributed by atoms with van der Waals surface area (Å²) in [4.78, 5) is 12.9. The first-order valence-corrected chi connectivity index (χ1v) is 11.5. The molecular weight excluding hydrogens is 404 g/mol. The Balaban J connectivity index is 1.91. The van der Waals surface area contributed by atoms with Crippen molar-refractivity contribution in [3.05, 3.63) is 53.6 Å². The fourth-order valence-electron chi connectivity index (χ4n) is 3.15. The molecule has 1 heterocycles. The van der Waals surface area contributed by atoms with Crippen molar-refractivity contribution in [1.29, 1.82) is 0 Å². The van der Waals surface area contributed by atoms with Gasteiger partial charge in [0.05, 0.1) is 29.9 Å². The molecular formula is C22H28N2O5S. The Labute approximate surface area is 178 Å². The van der Waals surface area contributed by atoms with E-state index in [1.165, 1.54) is 16.4 Å². The second-order valence-corrected chi connectivity index (χ2v) is 9.28. The Morgan fingerprint density at radius 1 is 1.13 bits per heavy atom. The molecule has 0 radical (unpaired) electrons. The predicted octanol–water partition coefficient (Wildman–Crippen LogP) is 3.31. The van der Waals surface area contributed by atoms with Gasteiger partial charge in [-0.05, 0) is 56.2 Å². The van der Waals surface area contributed by atoms with Crippen LogP contribution in [0.5, 0.6) is 5.75 Å². The van der Waals surface area contributed by atoms with Crippen molar-refractivity contribution in [2.45, 2.75) is 38.2 Å². The molecule has 1 fully saturated rings. The van der Waals surface area contributed by atoms with Crippen molar-refractivity contribution in [2.24, 2.45) is 0 Å². The number of carbonyl (C=O) groups is 1. The molecule has 7 nitrogen and oxygen atoms in total. The third-order valence-electron chi connectivity index (χ3n) is 4.79. The Hall–Kier alpha value is -2.42. The smallest absolute Gasteiger partial charge is 0.255 e. The number of anilines is 1. The van der Waals surface area contributed by atoms with Crippen LogP contribution in [0.1, 0.15) is 36.7 Å². The zero-order valence-corrected chi connectivity index (χ0v) is 18.4.